The first-order chi connectivity index (χ1) is 53.4. The standard InChI is InChI=1S/C24H27N3O4S.2C20H23ClN2O4.C18H20BrN3O4/c1-14-8-17(4-6-20(14)24-16(3)25-13-32-24)5-7-22(29)21-10-18(28)12-27(21)23(30)11-19-9-15(2)26-31-19;1-12-7-15(21)5-3-14(12)4-6-19(25)18-9-16(24)11-23(18)20(26)10-17-8-13(2)22-27-17;1-12-7-14(3-5-17(12)21)4-6-19(25)18-9-15(24)11-23(18)20(26)10-16-8-13(2)22-27-16;1-11-6-14(26-21-11)9-18(25)22-10-13(23)8-15(22)16(24)3-2-12-4-5-20-17(19)7-12/h4,6,8-9,13,18,21,28H,5,7,10-12H2,1-3H3;3,5,7-8,16,18,24H,4,6,9-11H2,1-2H3;3,5,7-8,15,18,24H,4,6,9-11H2,1-2H3;4-7,13,15,23H,2-3,8-10H2,1H3/t18-,21+;16-,18+;15-,18+;13-,15+/m1111/s1. The topological polar surface area (TPSA) is 360 Å². The van der Waals surface area contributed by atoms with Gasteiger partial charge in [-0.3, -0.25) is 38.4 Å². The number of Topliss-reactive ketones (excluding diaryl/α,β-unsaturated/α-hetero) is 4. The highest BCUT2D eigenvalue weighted by Gasteiger charge is 2.42. The molecule has 0 unspecified atom stereocenters. The van der Waals surface area contributed by atoms with Crippen LogP contribution < -0.4 is 0 Å². The van der Waals surface area contributed by atoms with E-state index in [0.29, 0.717) is 107 Å². The first-order valence-electron chi connectivity index (χ1n) is 37.2. The molecule has 6 aromatic heterocycles. The van der Waals surface area contributed by atoms with Crippen molar-refractivity contribution in [2.75, 3.05) is 26.2 Å². The van der Waals surface area contributed by atoms with Crippen molar-refractivity contribution in [2.45, 2.75) is 207 Å². The number of carbonyl (C=O) groups is 8. The maximum Gasteiger partial charge on any atom is 0.231 e. The molecule has 30 heteroatoms. The van der Waals surface area contributed by atoms with E-state index in [1.807, 2.05) is 80.9 Å². The summed E-state index contributed by atoms with van der Waals surface area (Å²) >= 11 is 16.9. The van der Waals surface area contributed by atoms with Crippen LogP contribution in [0.2, 0.25) is 10.0 Å². The largest absolute Gasteiger partial charge is 0.391 e. The van der Waals surface area contributed by atoms with E-state index in [1.165, 1.54) is 30.0 Å². The molecule has 4 fully saturated rings. The number of aliphatic hydroxyl groups excluding tert-OH is 4. The first kappa shape index (κ1) is 85.2. The van der Waals surface area contributed by atoms with Crippen molar-refractivity contribution in [3.05, 3.63) is 208 Å². The highest BCUT2D eigenvalue weighted by atomic mass is 79.9. The summed E-state index contributed by atoms with van der Waals surface area (Å²) in [4.78, 5) is 117. The average molecular weight is 1660 g/mol. The van der Waals surface area contributed by atoms with Crippen LogP contribution in [0.15, 0.2) is 125 Å². The van der Waals surface area contributed by atoms with E-state index in [4.69, 9.17) is 41.3 Å². The summed E-state index contributed by atoms with van der Waals surface area (Å²) in [6, 6.07) is 25.7. The van der Waals surface area contributed by atoms with Gasteiger partial charge in [-0.05, 0) is 172 Å². The molecule has 0 bridgehead atoms. The summed E-state index contributed by atoms with van der Waals surface area (Å²) in [5, 5.41) is 56.5. The van der Waals surface area contributed by atoms with Gasteiger partial charge >= 0.3 is 0 Å². The lowest BCUT2D eigenvalue weighted by molar-refractivity contribution is -0.137. The molecule has 26 nitrogen and oxygen atoms in total. The average Bonchev–Trinajstić information content (AvgIpc) is 1.77. The van der Waals surface area contributed by atoms with Crippen molar-refractivity contribution in [2.24, 2.45) is 0 Å². The Morgan fingerprint density at radius 2 is 0.804 bits per heavy atom. The third kappa shape index (κ3) is 23.7. The fourth-order valence-corrected chi connectivity index (χ4v) is 16.1. The molecule has 0 radical (unpaired) electrons. The number of aryl methyl sites for hydroxylation is 12. The smallest absolute Gasteiger partial charge is 0.231 e. The number of nitrogens with zero attached hydrogens (tertiary/aromatic N) is 10. The van der Waals surface area contributed by atoms with Gasteiger partial charge in [-0.2, -0.15) is 0 Å². The zero-order chi connectivity index (χ0) is 80.6. The van der Waals surface area contributed by atoms with Crippen molar-refractivity contribution >= 4 is 97.2 Å². The van der Waals surface area contributed by atoms with E-state index in [9.17, 15) is 58.8 Å². The SMILES string of the molecule is Cc1cc(CC(=O)N2C[C@H](O)C[C@H]2C(=O)CCc2ccc(-c3scnc3C)c(C)c2)on1.Cc1cc(CC(=O)N2C[C@H](O)C[C@H]2C(=O)CCc2ccc(Cl)c(C)c2)on1.Cc1cc(CC(=O)N2C[C@H](O)C[C@H]2C(=O)CCc2ccc(Cl)cc2C)on1.Cc1cc(CC(=O)N2C[C@H](O)C[C@H]2C(=O)CCc2ccnc(Br)c2)on1. The molecule has 4 aliphatic rings. The number of aliphatic hydroxyl groups is 4. The van der Waals surface area contributed by atoms with Crippen LogP contribution in [0.4, 0.5) is 0 Å². The van der Waals surface area contributed by atoms with Crippen LogP contribution in [-0.2, 0) is 89.7 Å². The van der Waals surface area contributed by atoms with E-state index in [-0.39, 0.29) is 124 Å². The minimum atomic E-state index is -0.687. The number of likely N-dealkylation sites (tertiary alicyclic amines) is 4. The molecule has 4 N–H and O–H groups in total. The van der Waals surface area contributed by atoms with Crippen LogP contribution in [0.3, 0.4) is 0 Å². The minimum absolute atomic E-state index is 0.0244. The second kappa shape index (κ2) is 39.5. The number of amides is 4. The predicted octanol–water partition coefficient (Wildman–Crippen LogP) is 10.6. The van der Waals surface area contributed by atoms with Gasteiger partial charge in [0.05, 0.1) is 113 Å². The Labute approximate surface area is 671 Å². The zero-order valence-corrected chi connectivity index (χ0v) is 67.7. The summed E-state index contributed by atoms with van der Waals surface area (Å²) in [6.07, 6.45) is 3.76. The maximum atomic E-state index is 13.0. The van der Waals surface area contributed by atoms with Gasteiger partial charge in [-0.25, -0.2) is 9.97 Å². The number of ketones is 4. The normalized spacial score (nSPS) is 19.2. The van der Waals surface area contributed by atoms with Crippen molar-refractivity contribution in [1.29, 1.82) is 0 Å². The Morgan fingerprint density at radius 1 is 0.438 bits per heavy atom. The first-order valence-corrected chi connectivity index (χ1v) is 39.6. The third-order valence-corrected chi connectivity index (χ3v) is 22.2. The van der Waals surface area contributed by atoms with Gasteiger partial charge in [0.15, 0.2) is 23.1 Å². The van der Waals surface area contributed by atoms with E-state index < -0.39 is 48.6 Å². The van der Waals surface area contributed by atoms with Crippen LogP contribution in [0.1, 0.15) is 142 Å². The number of rotatable bonds is 25. The molecule has 8 atom stereocenters. The van der Waals surface area contributed by atoms with Crippen LogP contribution in [0, 0.1) is 55.4 Å². The lowest BCUT2D eigenvalue weighted by Crippen LogP contribution is -2.41. The fourth-order valence-electron chi connectivity index (χ4n) is 14.4. The van der Waals surface area contributed by atoms with Crippen LogP contribution in [-0.4, -0.2) is 192 Å². The van der Waals surface area contributed by atoms with Gasteiger partial charge in [0, 0.05) is 118 Å². The Hall–Kier alpha value is -9.26. The molecular weight excluding hydrogens is 1560 g/mol. The molecule has 0 spiro atoms. The quantitative estimate of drug-likeness (QED) is 0.0386. The van der Waals surface area contributed by atoms with Gasteiger partial charge in [-0.1, -0.05) is 80.2 Å². The number of benzene rings is 3. The zero-order valence-electron chi connectivity index (χ0n) is 63.8. The summed E-state index contributed by atoms with van der Waals surface area (Å²) in [7, 11) is 0. The van der Waals surface area contributed by atoms with Crippen LogP contribution in [0.5, 0.6) is 0 Å². The van der Waals surface area contributed by atoms with Crippen LogP contribution >= 0.6 is 50.5 Å². The Morgan fingerprint density at radius 3 is 1.13 bits per heavy atom. The third-order valence-electron chi connectivity index (χ3n) is 20.1. The minimum Gasteiger partial charge on any atom is -0.391 e. The summed E-state index contributed by atoms with van der Waals surface area (Å²) in [5.41, 5.74) is 14.1. The van der Waals surface area contributed by atoms with Gasteiger partial charge in [0.2, 0.25) is 23.6 Å². The highest BCUT2D eigenvalue weighted by Crippen LogP contribution is 2.33. The van der Waals surface area contributed by atoms with E-state index in [1.54, 1.807) is 69.5 Å². The monoisotopic (exact) mass is 1650 g/mol. The molecule has 9 aromatic rings. The van der Waals surface area contributed by atoms with Gasteiger partial charge in [-0.15, -0.1) is 11.3 Å². The van der Waals surface area contributed by atoms with Crippen molar-refractivity contribution < 1.29 is 76.9 Å². The Balaban J connectivity index is 0.000000159. The second-order valence-electron chi connectivity index (χ2n) is 29.2. The van der Waals surface area contributed by atoms with Crippen molar-refractivity contribution in [3.63, 3.8) is 0 Å². The fraction of sp³-hybridized carbons (Fsp3) is 0.439. The van der Waals surface area contributed by atoms with Crippen LogP contribution in [0.25, 0.3) is 10.4 Å². The van der Waals surface area contributed by atoms with Gasteiger partial charge in [0.1, 0.15) is 27.6 Å². The van der Waals surface area contributed by atoms with Crippen molar-refractivity contribution in [1.82, 2.24) is 50.2 Å². The summed E-state index contributed by atoms with van der Waals surface area (Å²) in [6.45, 7) is 15.8. The molecule has 0 aliphatic carbocycles. The van der Waals surface area contributed by atoms with E-state index in [2.05, 4.69) is 65.6 Å². The number of hydrogen-bond donors (Lipinski definition) is 4. The molecule has 10 heterocycles. The Bertz CT molecular complexity index is 4820. The summed E-state index contributed by atoms with van der Waals surface area (Å²) in [5.74, 6) is 0.771. The number of halogens is 3. The molecular formula is C82H93BrCl2N10O16S. The second-order valence-corrected chi connectivity index (χ2v) is 31.7. The molecule has 112 heavy (non-hydrogen) atoms. The molecule has 4 saturated heterocycles. The number of hydrogen-bond acceptors (Lipinski definition) is 23. The molecule has 3 aromatic carbocycles. The lowest BCUT2D eigenvalue weighted by Gasteiger charge is -2.23. The summed E-state index contributed by atoms with van der Waals surface area (Å²) < 4.78 is 21.1. The van der Waals surface area contributed by atoms with Gasteiger partial charge in [0.25, 0.3) is 0 Å². The lowest BCUT2D eigenvalue weighted by atomic mass is 9.97. The predicted molar refractivity (Wildman–Crippen MR) is 419 cm³/mol. The molecule has 0 saturated carbocycles. The number of β-amino-alcohol motifs (C(OH)–C–C–N with tert-alkyl or cyclic N) is 4. The van der Waals surface area contributed by atoms with Gasteiger partial charge < -0.3 is 58.1 Å². The van der Waals surface area contributed by atoms with E-state index >= 15 is 0 Å². The molecule has 13 rings (SSSR count). The number of aromatic nitrogens is 6. The Kier molecular flexibility index (Phi) is 30.0. The molecule has 594 valence electrons. The van der Waals surface area contributed by atoms with Crippen molar-refractivity contribution in [3.8, 4) is 10.4 Å². The number of carbonyl (C=O) groups excluding carboxylic acids is 8. The highest BCUT2D eigenvalue weighted by molar-refractivity contribution is 9.10. The molecule has 4 amide bonds. The number of pyridine rings is 1. The molecule has 4 aliphatic heterocycles. The number of thiazole rings is 1. The maximum absolute atomic E-state index is 13.0. The van der Waals surface area contributed by atoms with E-state index in [0.717, 1.165) is 49.2 Å².